The van der Waals surface area contributed by atoms with E-state index in [1.165, 1.54) is 17.0 Å². The number of halogens is 2. The number of fused-ring (bicyclic) bond motifs is 1. The summed E-state index contributed by atoms with van der Waals surface area (Å²) in [5.41, 5.74) is 11.0. The van der Waals surface area contributed by atoms with Crippen LogP contribution in [0, 0.1) is 6.92 Å². The summed E-state index contributed by atoms with van der Waals surface area (Å²) in [5, 5.41) is 1.31. The van der Waals surface area contributed by atoms with Gasteiger partial charge in [0, 0.05) is 33.2 Å². The summed E-state index contributed by atoms with van der Waals surface area (Å²) >= 11 is 12.2. The van der Waals surface area contributed by atoms with Crippen molar-refractivity contribution < 1.29 is 0 Å². The third-order valence-corrected chi connectivity index (χ3v) is 4.19. The van der Waals surface area contributed by atoms with Crippen LogP contribution in [0.4, 0.5) is 0 Å². The molecule has 3 rings (SSSR count). The maximum Gasteiger partial charge on any atom is 0.0484 e. The Balaban J connectivity index is 2.20. The summed E-state index contributed by atoms with van der Waals surface area (Å²) in [5.74, 6) is 0. The molecule has 2 N–H and O–H groups in total. The molecule has 0 bridgehead atoms. The van der Waals surface area contributed by atoms with E-state index in [1.807, 2.05) is 12.1 Å². The molecule has 1 atom stereocenters. The minimum Gasteiger partial charge on any atom is -0.324 e. The van der Waals surface area contributed by atoms with Gasteiger partial charge < -0.3 is 10.3 Å². The summed E-state index contributed by atoms with van der Waals surface area (Å²) in [6.45, 7) is 2.10. The predicted octanol–water partition coefficient (Wildman–Crippen LogP) is 4.43. The van der Waals surface area contributed by atoms with Crippen LogP contribution < -0.4 is 5.73 Å². The molecule has 1 aromatic carbocycles. The molecule has 0 spiro atoms. The topological polar surface area (TPSA) is 30.9 Å². The molecule has 4 heteroatoms. The first-order valence-electron chi connectivity index (χ1n) is 6.49. The van der Waals surface area contributed by atoms with Gasteiger partial charge in [0.25, 0.3) is 0 Å². The Labute approximate surface area is 123 Å². The number of hydrogen-bond donors (Lipinski definition) is 1. The monoisotopic (exact) mass is 294 g/mol. The Morgan fingerprint density at radius 3 is 2.53 bits per heavy atom. The molecule has 0 saturated carbocycles. The summed E-state index contributed by atoms with van der Waals surface area (Å²) in [6.07, 6.45) is 3.25. The van der Waals surface area contributed by atoms with E-state index in [0.717, 1.165) is 24.9 Å². The van der Waals surface area contributed by atoms with Crippen molar-refractivity contribution >= 4 is 23.2 Å². The molecule has 2 aromatic rings. The predicted molar refractivity (Wildman–Crippen MR) is 80.4 cm³/mol. The second-order valence-electron chi connectivity index (χ2n) is 5.15. The Hall–Kier alpha value is -0.960. The number of aryl methyl sites for hydroxylation is 1. The lowest BCUT2D eigenvalue weighted by molar-refractivity contribution is 0.560. The zero-order chi connectivity index (χ0) is 13.6. The number of aromatic nitrogens is 1. The zero-order valence-electron chi connectivity index (χ0n) is 10.8. The van der Waals surface area contributed by atoms with E-state index in [0.29, 0.717) is 10.0 Å². The van der Waals surface area contributed by atoms with E-state index in [1.54, 1.807) is 6.07 Å². The summed E-state index contributed by atoms with van der Waals surface area (Å²) in [4.78, 5) is 0. The van der Waals surface area contributed by atoms with Crippen molar-refractivity contribution in [3.8, 4) is 5.69 Å². The Bertz CT molecular complexity index is 611. The molecule has 1 aromatic heterocycles. The summed E-state index contributed by atoms with van der Waals surface area (Å²) in [6, 6.07) is 7.98. The highest BCUT2D eigenvalue weighted by molar-refractivity contribution is 6.34. The average Bonchev–Trinajstić information content (AvgIpc) is 2.65. The van der Waals surface area contributed by atoms with Crippen LogP contribution in [-0.2, 0) is 6.42 Å². The van der Waals surface area contributed by atoms with Gasteiger partial charge in [0.15, 0.2) is 0 Å². The summed E-state index contributed by atoms with van der Waals surface area (Å²) < 4.78 is 2.23. The number of nitrogens with zero attached hydrogens (tertiary/aromatic N) is 1. The normalized spacial score (nSPS) is 18.4. The molecular formula is C15H16Cl2N2. The van der Waals surface area contributed by atoms with Crippen LogP contribution in [0.2, 0.25) is 10.0 Å². The maximum atomic E-state index is 6.20. The molecule has 19 heavy (non-hydrogen) atoms. The van der Waals surface area contributed by atoms with Crippen molar-refractivity contribution in [2.45, 2.75) is 32.2 Å². The minimum absolute atomic E-state index is 0.151. The number of benzene rings is 1. The van der Waals surface area contributed by atoms with E-state index >= 15 is 0 Å². The molecule has 0 fully saturated rings. The highest BCUT2D eigenvalue weighted by atomic mass is 35.5. The quantitative estimate of drug-likeness (QED) is 0.829. The number of hydrogen-bond acceptors (Lipinski definition) is 1. The van der Waals surface area contributed by atoms with Gasteiger partial charge in [0.2, 0.25) is 0 Å². The van der Waals surface area contributed by atoms with Crippen molar-refractivity contribution in [1.29, 1.82) is 0 Å². The lowest BCUT2D eigenvalue weighted by Gasteiger charge is -2.21. The molecule has 0 radical (unpaired) electrons. The van der Waals surface area contributed by atoms with Gasteiger partial charge in [0.05, 0.1) is 0 Å². The van der Waals surface area contributed by atoms with Crippen LogP contribution in [-0.4, -0.2) is 4.57 Å². The highest BCUT2D eigenvalue weighted by Crippen LogP contribution is 2.34. The van der Waals surface area contributed by atoms with Crippen LogP contribution >= 0.6 is 23.2 Å². The highest BCUT2D eigenvalue weighted by Gasteiger charge is 2.22. The first-order valence-corrected chi connectivity index (χ1v) is 7.25. The third kappa shape index (κ3) is 2.29. The van der Waals surface area contributed by atoms with E-state index in [-0.39, 0.29) is 6.04 Å². The Morgan fingerprint density at radius 1 is 1.16 bits per heavy atom. The number of nitrogens with two attached hydrogens (primary N) is 1. The van der Waals surface area contributed by atoms with Gasteiger partial charge in [-0.15, -0.1) is 0 Å². The molecule has 1 aliphatic rings. The molecule has 1 unspecified atom stereocenters. The van der Waals surface area contributed by atoms with Crippen LogP contribution in [0.25, 0.3) is 5.69 Å². The van der Waals surface area contributed by atoms with Crippen LogP contribution in [0.15, 0.2) is 24.3 Å². The van der Waals surface area contributed by atoms with Crippen molar-refractivity contribution in [3.63, 3.8) is 0 Å². The van der Waals surface area contributed by atoms with Gasteiger partial charge in [0.1, 0.15) is 0 Å². The Morgan fingerprint density at radius 2 is 1.84 bits per heavy atom. The lowest BCUT2D eigenvalue weighted by Crippen LogP contribution is -2.17. The molecule has 0 saturated heterocycles. The van der Waals surface area contributed by atoms with Crippen molar-refractivity contribution in [3.05, 3.63) is 51.3 Å². The molecule has 0 amide bonds. The third-order valence-electron chi connectivity index (χ3n) is 3.75. The largest absolute Gasteiger partial charge is 0.324 e. The molecule has 100 valence electrons. The van der Waals surface area contributed by atoms with Crippen molar-refractivity contribution in [2.75, 3.05) is 0 Å². The second-order valence-corrected chi connectivity index (χ2v) is 6.02. The van der Waals surface area contributed by atoms with Gasteiger partial charge in [-0.3, -0.25) is 0 Å². The molecule has 1 heterocycles. The van der Waals surface area contributed by atoms with Gasteiger partial charge in [-0.1, -0.05) is 23.2 Å². The minimum atomic E-state index is 0.151. The van der Waals surface area contributed by atoms with Crippen molar-refractivity contribution in [2.24, 2.45) is 5.73 Å². The number of rotatable bonds is 1. The van der Waals surface area contributed by atoms with Crippen LogP contribution in [0.1, 0.15) is 35.8 Å². The van der Waals surface area contributed by atoms with Crippen molar-refractivity contribution in [1.82, 2.24) is 4.57 Å². The average molecular weight is 295 g/mol. The van der Waals surface area contributed by atoms with Gasteiger partial charge in [-0.25, -0.2) is 0 Å². The maximum absolute atomic E-state index is 6.20. The fourth-order valence-corrected chi connectivity index (χ4v) is 3.48. The molecular weight excluding hydrogens is 279 g/mol. The Kier molecular flexibility index (Phi) is 3.34. The van der Waals surface area contributed by atoms with Gasteiger partial charge >= 0.3 is 0 Å². The zero-order valence-corrected chi connectivity index (χ0v) is 12.3. The van der Waals surface area contributed by atoms with E-state index in [9.17, 15) is 0 Å². The molecule has 1 aliphatic carbocycles. The SMILES string of the molecule is Cc1cc2c(n1-c1cc(Cl)cc(Cl)c1)CCCC2N. The fourth-order valence-electron chi connectivity index (χ4n) is 2.96. The van der Waals surface area contributed by atoms with Crippen LogP contribution in [0.3, 0.4) is 0 Å². The first kappa shape index (κ1) is 13.0. The van der Waals surface area contributed by atoms with E-state index in [4.69, 9.17) is 28.9 Å². The van der Waals surface area contributed by atoms with Gasteiger partial charge in [-0.05, 0) is 56.0 Å². The smallest absolute Gasteiger partial charge is 0.0484 e. The van der Waals surface area contributed by atoms with E-state index in [2.05, 4.69) is 17.6 Å². The molecule has 2 nitrogen and oxygen atoms in total. The first-order chi connectivity index (χ1) is 9.06. The standard InChI is InChI=1S/C15H16Cl2N2/c1-9-5-13-14(18)3-2-4-15(13)19(9)12-7-10(16)6-11(17)8-12/h5-8,14H,2-4,18H2,1H3. The van der Waals surface area contributed by atoms with Crippen LogP contribution in [0.5, 0.6) is 0 Å². The second kappa shape index (κ2) is 4.86. The van der Waals surface area contributed by atoms with Gasteiger partial charge in [-0.2, -0.15) is 0 Å². The molecule has 0 aliphatic heterocycles. The fraction of sp³-hybridized carbons (Fsp3) is 0.333. The van der Waals surface area contributed by atoms with E-state index < -0.39 is 0 Å². The summed E-state index contributed by atoms with van der Waals surface area (Å²) in [7, 11) is 0. The lowest BCUT2D eigenvalue weighted by atomic mass is 9.93.